The van der Waals surface area contributed by atoms with Gasteiger partial charge in [0, 0.05) is 6.54 Å². The maximum atomic E-state index is 11.3. The Morgan fingerprint density at radius 2 is 2.00 bits per heavy atom. The Morgan fingerprint density at radius 3 is 2.63 bits per heavy atom. The number of primary sulfonamides is 1. The van der Waals surface area contributed by atoms with E-state index >= 15 is 0 Å². The quantitative estimate of drug-likeness (QED) is 0.503. The molecule has 108 valence electrons. The minimum atomic E-state index is -3.68. The molecule has 0 heterocycles. The van der Waals surface area contributed by atoms with E-state index in [2.05, 4.69) is 11.6 Å². The number of rotatable bonds is 8. The number of nitrogens with two attached hydrogens (primary N) is 2. The lowest BCUT2D eigenvalue weighted by Gasteiger charge is -2.10. The Morgan fingerprint density at radius 1 is 1.26 bits per heavy atom. The van der Waals surface area contributed by atoms with E-state index in [0.29, 0.717) is 11.4 Å². The van der Waals surface area contributed by atoms with Crippen LogP contribution in [0, 0.1) is 0 Å². The molecule has 5 nitrogen and oxygen atoms in total. The van der Waals surface area contributed by atoms with Crippen molar-refractivity contribution in [2.45, 2.75) is 24.2 Å². The summed E-state index contributed by atoms with van der Waals surface area (Å²) in [5, 5.41) is 8.24. The van der Waals surface area contributed by atoms with Crippen molar-refractivity contribution < 1.29 is 8.42 Å². The number of hydrogen-bond donors (Lipinski definition) is 3. The second-order valence-electron chi connectivity index (χ2n) is 4.27. The van der Waals surface area contributed by atoms with Crippen LogP contribution in [0.5, 0.6) is 0 Å². The van der Waals surface area contributed by atoms with Crippen LogP contribution >= 0.6 is 11.8 Å². The second-order valence-corrected chi connectivity index (χ2v) is 6.82. The molecule has 0 bridgehead atoms. The molecule has 0 amide bonds. The average Bonchev–Trinajstić information content (AvgIpc) is 2.34. The highest BCUT2D eigenvalue weighted by atomic mass is 32.2. The third-order valence-corrected chi connectivity index (χ3v) is 4.30. The van der Waals surface area contributed by atoms with E-state index in [0.717, 1.165) is 19.4 Å². The fourth-order valence-corrected chi connectivity index (χ4v) is 2.67. The highest BCUT2D eigenvalue weighted by Crippen LogP contribution is 2.22. The predicted octanol–water partition coefficient (Wildman–Crippen LogP) is 1.86. The molecule has 1 aromatic rings. The Kier molecular flexibility index (Phi) is 6.47. The Labute approximate surface area is 119 Å². The molecule has 0 aliphatic heterocycles. The maximum absolute atomic E-state index is 11.3. The molecule has 0 atom stereocenters. The van der Waals surface area contributed by atoms with Gasteiger partial charge in [0.15, 0.2) is 0 Å². The first kappa shape index (κ1) is 16.1. The van der Waals surface area contributed by atoms with Gasteiger partial charge in [0.1, 0.15) is 0 Å². The lowest BCUT2D eigenvalue weighted by molar-refractivity contribution is 0.598. The summed E-state index contributed by atoms with van der Waals surface area (Å²) < 4.78 is 22.5. The van der Waals surface area contributed by atoms with E-state index in [4.69, 9.17) is 10.9 Å². The first-order chi connectivity index (χ1) is 8.95. The molecule has 1 rings (SSSR count). The molecular weight excluding hydrogens is 282 g/mol. The monoisotopic (exact) mass is 303 g/mol. The standard InChI is InChI=1S/C12H21N3O2S2/c1-18-8-4-2-3-7-15-12-9-10(19(14,16)17)5-6-11(12)13/h5-6,9,15H,2-4,7-8,13H2,1H3,(H2,14,16,17). The summed E-state index contributed by atoms with van der Waals surface area (Å²) in [6.07, 6.45) is 5.45. The first-order valence-corrected chi connectivity index (χ1v) is 9.04. The summed E-state index contributed by atoms with van der Waals surface area (Å²) >= 11 is 1.84. The van der Waals surface area contributed by atoms with Crippen LogP contribution in [0.25, 0.3) is 0 Å². The van der Waals surface area contributed by atoms with Crippen LogP contribution in [0.4, 0.5) is 11.4 Å². The first-order valence-electron chi connectivity index (χ1n) is 6.10. The van der Waals surface area contributed by atoms with Gasteiger partial charge >= 0.3 is 0 Å². The van der Waals surface area contributed by atoms with Gasteiger partial charge in [-0.25, -0.2) is 13.6 Å². The minimum Gasteiger partial charge on any atom is -0.397 e. The van der Waals surface area contributed by atoms with Crippen molar-refractivity contribution in [2.75, 3.05) is 29.6 Å². The van der Waals surface area contributed by atoms with Gasteiger partial charge in [0.05, 0.1) is 16.3 Å². The number of benzene rings is 1. The van der Waals surface area contributed by atoms with Gasteiger partial charge in [-0.15, -0.1) is 0 Å². The molecule has 0 fully saturated rings. The van der Waals surface area contributed by atoms with Crippen LogP contribution < -0.4 is 16.2 Å². The summed E-state index contributed by atoms with van der Waals surface area (Å²) in [4.78, 5) is 0.0755. The number of anilines is 2. The predicted molar refractivity (Wildman–Crippen MR) is 83.0 cm³/mol. The molecule has 0 saturated heterocycles. The zero-order valence-corrected chi connectivity index (χ0v) is 12.7. The summed E-state index contributed by atoms with van der Waals surface area (Å²) in [6.45, 7) is 0.770. The number of nitrogen functional groups attached to an aromatic ring is 1. The second kappa shape index (κ2) is 7.62. The van der Waals surface area contributed by atoms with E-state index < -0.39 is 10.0 Å². The molecule has 0 aliphatic rings. The molecule has 0 aromatic heterocycles. The number of hydrogen-bond acceptors (Lipinski definition) is 5. The lowest BCUT2D eigenvalue weighted by atomic mass is 10.2. The van der Waals surface area contributed by atoms with E-state index in [1.165, 1.54) is 24.3 Å². The van der Waals surface area contributed by atoms with Gasteiger partial charge in [0.25, 0.3) is 0 Å². The Balaban J connectivity index is 2.53. The van der Waals surface area contributed by atoms with Gasteiger partial charge in [-0.2, -0.15) is 11.8 Å². The molecule has 0 saturated carbocycles. The van der Waals surface area contributed by atoms with Gasteiger partial charge in [-0.05, 0) is 43.0 Å². The van der Waals surface area contributed by atoms with Crippen molar-refractivity contribution in [1.82, 2.24) is 0 Å². The molecule has 0 unspecified atom stereocenters. The van der Waals surface area contributed by atoms with Crippen molar-refractivity contribution >= 4 is 33.2 Å². The topological polar surface area (TPSA) is 98.2 Å². The summed E-state index contributed by atoms with van der Waals surface area (Å²) in [7, 11) is -3.68. The van der Waals surface area contributed by atoms with Crippen LogP contribution in [-0.2, 0) is 10.0 Å². The third kappa shape index (κ3) is 5.71. The van der Waals surface area contributed by atoms with Gasteiger partial charge in [-0.1, -0.05) is 6.42 Å². The largest absolute Gasteiger partial charge is 0.397 e. The molecule has 0 radical (unpaired) electrons. The van der Waals surface area contributed by atoms with Crippen LogP contribution in [-0.4, -0.2) is 27.0 Å². The van der Waals surface area contributed by atoms with Crippen molar-refractivity contribution in [1.29, 1.82) is 0 Å². The molecule has 5 N–H and O–H groups in total. The lowest BCUT2D eigenvalue weighted by Crippen LogP contribution is -2.13. The van der Waals surface area contributed by atoms with Gasteiger partial charge in [0.2, 0.25) is 10.0 Å². The van der Waals surface area contributed by atoms with Crippen LogP contribution in [0.15, 0.2) is 23.1 Å². The van der Waals surface area contributed by atoms with Crippen LogP contribution in [0.1, 0.15) is 19.3 Å². The Bertz CT molecular complexity index is 504. The van der Waals surface area contributed by atoms with Gasteiger partial charge < -0.3 is 11.1 Å². The molecule has 1 aromatic carbocycles. The zero-order valence-electron chi connectivity index (χ0n) is 11.1. The van der Waals surface area contributed by atoms with Crippen LogP contribution in [0.2, 0.25) is 0 Å². The number of unbranched alkanes of at least 4 members (excludes halogenated alkanes) is 2. The maximum Gasteiger partial charge on any atom is 0.238 e. The number of thioether (sulfide) groups is 1. The van der Waals surface area contributed by atoms with E-state index in [1.807, 2.05) is 11.8 Å². The van der Waals surface area contributed by atoms with E-state index in [1.54, 1.807) is 6.07 Å². The summed E-state index contributed by atoms with van der Waals surface area (Å²) in [6, 6.07) is 4.44. The van der Waals surface area contributed by atoms with Crippen molar-refractivity contribution in [3.63, 3.8) is 0 Å². The van der Waals surface area contributed by atoms with E-state index in [9.17, 15) is 8.42 Å². The highest BCUT2D eigenvalue weighted by molar-refractivity contribution is 7.98. The van der Waals surface area contributed by atoms with Crippen molar-refractivity contribution in [3.8, 4) is 0 Å². The van der Waals surface area contributed by atoms with Crippen molar-refractivity contribution in [2.24, 2.45) is 5.14 Å². The fraction of sp³-hybridized carbons (Fsp3) is 0.500. The SMILES string of the molecule is CSCCCCCNc1cc(S(N)(=O)=O)ccc1N. The zero-order chi connectivity index (χ0) is 14.3. The molecule has 0 spiro atoms. The summed E-state index contributed by atoms with van der Waals surface area (Å²) in [5.41, 5.74) is 6.94. The van der Waals surface area contributed by atoms with Crippen molar-refractivity contribution in [3.05, 3.63) is 18.2 Å². The van der Waals surface area contributed by atoms with Crippen LogP contribution in [0.3, 0.4) is 0 Å². The number of nitrogens with one attached hydrogen (secondary N) is 1. The molecule has 0 aliphatic carbocycles. The third-order valence-electron chi connectivity index (χ3n) is 2.69. The summed E-state index contributed by atoms with van der Waals surface area (Å²) in [5.74, 6) is 1.17. The minimum absolute atomic E-state index is 0.0755. The smallest absolute Gasteiger partial charge is 0.238 e. The molecule has 7 heteroatoms. The van der Waals surface area contributed by atoms with Gasteiger partial charge in [-0.3, -0.25) is 0 Å². The average molecular weight is 303 g/mol. The number of sulfonamides is 1. The van der Waals surface area contributed by atoms with E-state index in [-0.39, 0.29) is 4.90 Å². The molecule has 19 heavy (non-hydrogen) atoms. The highest BCUT2D eigenvalue weighted by Gasteiger charge is 2.09. The Hall–Kier alpha value is -0.920. The molecular formula is C12H21N3O2S2. The normalized spacial score (nSPS) is 11.5. The fourth-order valence-electron chi connectivity index (χ4n) is 1.64.